The van der Waals surface area contributed by atoms with Crippen molar-refractivity contribution in [2.45, 2.75) is 26.2 Å². The summed E-state index contributed by atoms with van der Waals surface area (Å²) in [6.07, 6.45) is 0. The van der Waals surface area contributed by atoms with Gasteiger partial charge in [0, 0.05) is 0 Å². The highest BCUT2D eigenvalue weighted by atomic mass is 19.1. The van der Waals surface area contributed by atoms with Crippen LogP contribution in [0.25, 0.3) is 0 Å². The number of halogens is 1. The topological polar surface area (TPSA) is 55.4 Å². The zero-order valence-corrected chi connectivity index (χ0v) is 13.9. The van der Waals surface area contributed by atoms with Crippen LogP contribution in [0.2, 0.25) is 0 Å². The first-order valence-electron chi connectivity index (χ1n) is 7.59. The average Bonchev–Trinajstić information content (AvgIpc) is 2.54. The summed E-state index contributed by atoms with van der Waals surface area (Å²) in [7, 11) is 0. The van der Waals surface area contributed by atoms with Gasteiger partial charge in [0.25, 0.3) is 5.91 Å². The van der Waals surface area contributed by atoms with E-state index in [-0.39, 0.29) is 11.1 Å². The average molecular weight is 329 g/mol. The summed E-state index contributed by atoms with van der Waals surface area (Å²) in [5, 5.41) is 2.35. The molecule has 0 saturated heterocycles. The van der Waals surface area contributed by atoms with Crippen molar-refractivity contribution >= 4 is 17.6 Å². The van der Waals surface area contributed by atoms with E-state index in [1.54, 1.807) is 18.2 Å². The number of para-hydroxylation sites is 1. The lowest BCUT2D eigenvalue weighted by molar-refractivity contribution is -0.119. The van der Waals surface area contributed by atoms with Gasteiger partial charge in [-0.3, -0.25) is 4.79 Å². The Morgan fingerprint density at radius 2 is 1.67 bits per heavy atom. The van der Waals surface area contributed by atoms with Crippen molar-refractivity contribution < 1.29 is 18.7 Å². The third-order valence-corrected chi connectivity index (χ3v) is 3.47. The fourth-order valence-electron chi connectivity index (χ4n) is 2.07. The second kappa shape index (κ2) is 7.25. The van der Waals surface area contributed by atoms with E-state index in [2.05, 4.69) is 26.1 Å². The van der Waals surface area contributed by atoms with E-state index in [1.807, 2.05) is 12.1 Å². The smallest absolute Gasteiger partial charge is 0.338 e. The van der Waals surface area contributed by atoms with E-state index >= 15 is 0 Å². The molecule has 2 rings (SSSR count). The van der Waals surface area contributed by atoms with Crippen molar-refractivity contribution in [3.8, 4) is 0 Å². The molecule has 0 atom stereocenters. The summed E-state index contributed by atoms with van der Waals surface area (Å²) in [5.74, 6) is -1.74. The highest BCUT2D eigenvalue weighted by molar-refractivity contribution is 5.95. The van der Waals surface area contributed by atoms with Crippen LogP contribution in [-0.4, -0.2) is 18.5 Å². The first kappa shape index (κ1) is 17.7. The van der Waals surface area contributed by atoms with Crippen molar-refractivity contribution in [3.63, 3.8) is 0 Å². The van der Waals surface area contributed by atoms with E-state index in [1.165, 1.54) is 18.2 Å². The van der Waals surface area contributed by atoms with Gasteiger partial charge in [-0.05, 0) is 35.2 Å². The first-order valence-corrected chi connectivity index (χ1v) is 7.59. The number of amides is 1. The van der Waals surface area contributed by atoms with Gasteiger partial charge in [0.1, 0.15) is 5.82 Å². The molecule has 0 unspecified atom stereocenters. The molecule has 2 aromatic rings. The third kappa shape index (κ3) is 4.65. The zero-order chi connectivity index (χ0) is 17.7. The standard InChI is InChI=1S/C19H20FNO3/c1-19(2,3)14-10-8-13(9-11-14)18(23)24-12-17(22)21-16-7-5-4-6-15(16)20/h4-11H,12H2,1-3H3,(H,21,22). The van der Waals surface area contributed by atoms with Crippen molar-refractivity contribution in [2.75, 3.05) is 11.9 Å². The van der Waals surface area contributed by atoms with E-state index in [9.17, 15) is 14.0 Å². The molecule has 24 heavy (non-hydrogen) atoms. The van der Waals surface area contributed by atoms with Crippen molar-refractivity contribution in [1.29, 1.82) is 0 Å². The normalized spacial score (nSPS) is 11.0. The molecule has 0 aliphatic heterocycles. The Balaban J connectivity index is 1.91. The summed E-state index contributed by atoms with van der Waals surface area (Å²) in [4.78, 5) is 23.7. The van der Waals surface area contributed by atoms with Crippen LogP contribution in [0.1, 0.15) is 36.7 Å². The van der Waals surface area contributed by atoms with Crippen molar-refractivity contribution in [3.05, 3.63) is 65.5 Å². The van der Waals surface area contributed by atoms with Gasteiger partial charge in [-0.15, -0.1) is 0 Å². The van der Waals surface area contributed by atoms with Gasteiger partial charge >= 0.3 is 5.97 Å². The third-order valence-electron chi connectivity index (χ3n) is 3.47. The van der Waals surface area contributed by atoms with Gasteiger partial charge in [0.2, 0.25) is 0 Å². The molecule has 1 N–H and O–H groups in total. The van der Waals surface area contributed by atoms with Gasteiger partial charge < -0.3 is 10.1 Å². The molecule has 5 heteroatoms. The highest BCUT2D eigenvalue weighted by Crippen LogP contribution is 2.22. The van der Waals surface area contributed by atoms with Gasteiger partial charge in [0.05, 0.1) is 11.3 Å². The van der Waals surface area contributed by atoms with Gasteiger partial charge in [-0.1, -0.05) is 45.0 Å². The Bertz CT molecular complexity index is 733. The van der Waals surface area contributed by atoms with Crippen LogP contribution in [0.3, 0.4) is 0 Å². The van der Waals surface area contributed by atoms with Crippen LogP contribution in [0.4, 0.5) is 10.1 Å². The number of hydrogen-bond donors (Lipinski definition) is 1. The summed E-state index contributed by atoms with van der Waals surface area (Å²) in [5.41, 5.74) is 1.49. The largest absolute Gasteiger partial charge is 0.452 e. The fourth-order valence-corrected chi connectivity index (χ4v) is 2.07. The predicted molar refractivity (Wildman–Crippen MR) is 90.5 cm³/mol. The molecule has 0 saturated carbocycles. The number of esters is 1. The monoisotopic (exact) mass is 329 g/mol. The number of carbonyl (C=O) groups excluding carboxylic acids is 2. The Labute approximate surface area is 140 Å². The molecule has 1 amide bonds. The summed E-state index contributed by atoms with van der Waals surface area (Å²) < 4.78 is 18.4. The minimum absolute atomic E-state index is 0.0118. The Morgan fingerprint density at radius 3 is 2.25 bits per heavy atom. The first-order chi connectivity index (χ1) is 11.3. The quantitative estimate of drug-likeness (QED) is 0.865. The summed E-state index contributed by atoms with van der Waals surface area (Å²) in [6.45, 7) is 5.75. The molecule has 0 aliphatic rings. The number of ether oxygens (including phenoxy) is 1. The van der Waals surface area contributed by atoms with Crippen LogP contribution in [0.15, 0.2) is 48.5 Å². The lowest BCUT2D eigenvalue weighted by Crippen LogP contribution is -2.21. The van der Waals surface area contributed by atoms with E-state index in [4.69, 9.17) is 4.74 Å². The van der Waals surface area contributed by atoms with Gasteiger partial charge in [0.15, 0.2) is 6.61 Å². The second-order valence-electron chi connectivity index (χ2n) is 6.43. The van der Waals surface area contributed by atoms with E-state index < -0.39 is 24.3 Å². The van der Waals surface area contributed by atoms with Crippen molar-refractivity contribution in [2.24, 2.45) is 0 Å². The molecule has 0 bridgehead atoms. The number of rotatable bonds is 4. The maximum Gasteiger partial charge on any atom is 0.338 e. The predicted octanol–water partition coefficient (Wildman–Crippen LogP) is 3.92. The highest BCUT2D eigenvalue weighted by Gasteiger charge is 2.15. The van der Waals surface area contributed by atoms with E-state index in [0.29, 0.717) is 5.56 Å². The molecule has 4 nitrogen and oxygen atoms in total. The van der Waals surface area contributed by atoms with Crippen LogP contribution in [0, 0.1) is 5.82 Å². The molecular formula is C19H20FNO3. The summed E-state index contributed by atoms with van der Waals surface area (Å²) >= 11 is 0. The molecule has 126 valence electrons. The number of hydrogen-bond acceptors (Lipinski definition) is 3. The number of anilines is 1. The lowest BCUT2D eigenvalue weighted by Gasteiger charge is -2.18. The minimum atomic E-state index is -0.598. The molecule has 0 spiro atoms. The Kier molecular flexibility index (Phi) is 5.34. The lowest BCUT2D eigenvalue weighted by atomic mass is 9.87. The molecule has 0 aliphatic carbocycles. The van der Waals surface area contributed by atoms with Crippen LogP contribution >= 0.6 is 0 Å². The maximum atomic E-state index is 13.4. The van der Waals surface area contributed by atoms with E-state index in [0.717, 1.165) is 5.56 Å². The molecule has 0 radical (unpaired) electrons. The number of carbonyl (C=O) groups is 2. The molecule has 2 aromatic carbocycles. The maximum absolute atomic E-state index is 13.4. The molecular weight excluding hydrogens is 309 g/mol. The number of nitrogens with one attached hydrogen (secondary N) is 1. The van der Waals surface area contributed by atoms with Crippen LogP contribution in [-0.2, 0) is 14.9 Å². The van der Waals surface area contributed by atoms with Crippen LogP contribution < -0.4 is 5.32 Å². The van der Waals surface area contributed by atoms with Gasteiger partial charge in [-0.2, -0.15) is 0 Å². The molecule has 0 aromatic heterocycles. The van der Waals surface area contributed by atoms with Crippen molar-refractivity contribution in [1.82, 2.24) is 0 Å². The number of benzene rings is 2. The Hall–Kier alpha value is -2.69. The Morgan fingerprint density at radius 1 is 1.04 bits per heavy atom. The summed E-state index contributed by atoms with van der Waals surface area (Å²) in [6, 6.07) is 12.8. The molecule has 0 fully saturated rings. The zero-order valence-electron chi connectivity index (χ0n) is 13.9. The SMILES string of the molecule is CC(C)(C)c1ccc(C(=O)OCC(=O)Nc2ccccc2F)cc1. The molecule has 0 heterocycles. The second-order valence-corrected chi connectivity index (χ2v) is 6.43. The van der Waals surface area contributed by atoms with Crippen LogP contribution in [0.5, 0.6) is 0 Å². The van der Waals surface area contributed by atoms with Gasteiger partial charge in [-0.25, -0.2) is 9.18 Å². The minimum Gasteiger partial charge on any atom is -0.452 e. The fraction of sp³-hybridized carbons (Fsp3) is 0.263.